The monoisotopic (exact) mass is 643 g/mol. The molecule has 0 N–H and O–H groups in total. The van der Waals surface area contributed by atoms with Crippen LogP contribution in [-0.2, 0) is 0 Å². The Kier molecular flexibility index (Phi) is 6.36. The number of nitrogens with zero attached hydrogens (tertiary/aromatic N) is 3. The molecule has 0 saturated carbocycles. The molecule has 0 amide bonds. The predicted molar refractivity (Wildman–Crippen MR) is 209 cm³/mol. The molecule has 230 valence electrons. The summed E-state index contributed by atoms with van der Waals surface area (Å²) in [5.74, 6) is 0. The van der Waals surface area contributed by atoms with E-state index in [0.717, 1.165) is 22.7 Å². The molecule has 3 heterocycles. The predicted octanol–water partition coefficient (Wildman–Crippen LogP) is 12.8. The van der Waals surface area contributed by atoms with Crippen molar-refractivity contribution in [3.8, 4) is 16.8 Å². The highest BCUT2D eigenvalue weighted by Gasteiger charge is 2.21. The van der Waals surface area contributed by atoms with Crippen molar-refractivity contribution in [1.29, 1.82) is 0 Å². The van der Waals surface area contributed by atoms with Crippen molar-refractivity contribution in [3.05, 3.63) is 176 Å². The molecule has 0 radical (unpaired) electrons. The van der Waals surface area contributed by atoms with Crippen molar-refractivity contribution in [3.63, 3.8) is 0 Å². The topological polar surface area (TPSA) is 21.1 Å². The number of rotatable bonds is 5. The van der Waals surface area contributed by atoms with Gasteiger partial charge in [-0.15, -0.1) is 11.3 Å². The van der Waals surface area contributed by atoms with Gasteiger partial charge in [0.2, 0.25) is 0 Å². The molecular weight excluding hydrogens is 615 g/mol. The van der Waals surface area contributed by atoms with Gasteiger partial charge in [-0.1, -0.05) is 97.1 Å². The number of para-hydroxylation sites is 2. The lowest BCUT2D eigenvalue weighted by atomic mass is 10.0. The van der Waals surface area contributed by atoms with Gasteiger partial charge in [-0.25, -0.2) is 0 Å². The zero-order chi connectivity index (χ0) is 32.3. The van der Waals surface area contributed by atoms with Gasteiger partial charge >= 0.3 is 0 Å². The van der Waals surface area contributed by atoms with Crippen LogP contribution >= 0.6 is 11.3 Å². The van der Waals surface area contributed by atoms with E-state index in [9.17, 15) is 0 Å². The van der Waals surface area contributed by atoms with E-state index in [4.69, 9.17) is 0 Å². The first-order valence-corrected chi connectivity index (χ1v) is 17.4. The summed E-state index contributed by atoms with van der Waals surface area (Å²) in [5.41, 5.74) is 9.29. The van der Waals surface area contributed by atoms with Crippen molar-refractivity contribution >= 4 is 81.1 Å². The molecule has 10 rings (SSSR count). The first-order valence-electron chi connectivity index (χ1n) is 16.5. The second kappa shape index (κ2) is 11.2. The third-order valence-corrected chi connectivity index (χ3v) is 10.8. The molecule has 49 heavy (non-hydrogen) atoms. The van der Waals surface area contributed by atoms with Gasteiger partial charge in [-0.3, -0.25) is 4.98 Å². The van der Waals surface area contributed by atoms with Crippen LogP contribution in [-0.4, -0.2) is 9.55 Å². The zero-order valence-electron chi connectivity index (χ0n) is 26.5. The minimum atomic E-state index is 1.10. The van der Waals surface area contributed by atoms with Gasteiger partial charge in [0.1, 0.15) is 0 Å². The van der Waals surface area contributed by atoms with Crippen molar-refractivity contribution in [2.75, 3.05) is 4.90 Å². The van der Waals surface area contributed by atoms with Gasteiger partial charge in [-0.05, 0) is 88.6 Å². The molecule has 0 saturated heterocycles. The molecule has 0 fully saturated rings. The van der Waals surface area contributed by atoms with Crippen LogP contribution in [0.15, 0.2) is 176 Å². The highest BCUT2D eigenvalue weighted by atomic mass is 32.1. The Morgan fingerprint density at radius 1 is 0.490 bits per heavy atom. The van der Waals surface area contributed by atoms with Crippen LogP contribution in [0.5, 0.6) is 0 Å². The van der Waals surface area contributed by atoms with Crippen molar-refractivity contribution in [2.45, 2.75) is 0 Å². The molecule has 3 aromatic heterocycles. The normalized spacial score (nSPS) is 11.7. The van der Waals surface area contributed by atoms with Crippen molar-refractivity contribution in [1.82, 2.24) is 9.55 Å². The second-order valence-corrected chi connectivity index (χ2v) is 13.5. The molecule has 10 aromatic rings. The van der Waals surface area contributed by atoms with Crippen molar-refractivity contribution < 1.29 is 0 Å². The Labute approximate surface area is 287 Å². The third kappa shape index (κ3) is 4.53. The number of pyridine rings is 1. The maximum Gasteiger partial charge on any atom is 0.0561 e. The Morgan fingerprint density at radius 2 is 1.24 bits per heavy atom. The standard InChI is InChI=1S/C45H29N3S/c1-2-11-34(12-3-1)48-40-14-7-6-13-37(40)38-24-23-36(28-42(38)48)47(41-15-8-16-43-45(41)39-25-26-46-29-44(39)49-43)35-21-19-31(20-22-35)33-18-17-30-9-4-5-10-32(30)27-33/h1-29H. The molecule has 0 atom stereocenters. The van der Waals surface area contributed by atoms with Crippen LogP contribution < -0.4 is 4.90 Å². The number of aromatic nitrogens is 2. The maximum atomic E-state index is 4.44. The average Bonchev–Trinajstić information content (AvgIpc) is 3.71. The van der Waals surface area contributed by atoms with Gasteiger partial charge in [0.05, 0.1) is 21.4 Å². The lowest BCUT2D eigenvalue weighted by Gasteiger charge is -2.27. The van der Waals surface area contributed by atoms with E-state index in [1.807, 2.05) is 12.4 Å². The van der Waals surface area contributed by atoms with Crippen LogP contribution in [0.1, 0.15) is 0 Å². The largest absolute Gasteiger partial charge is 0.310 e. The fourth-order valence-corrected chi connectivity index (χ4v) is 8.49. The molecular formula is C45H29N3S. The summed E-state index contributed by atoms with van der Waals surface area (Å²) < 4.78 is 4.83. The summed E-state index contributed by atoms with van der Waals surface area (Å²) in [6.45, 7) is 0. The molecule has 0 aliphatic carbocycles. The minimum Gasteiger partial charge on any atom is -0.310 e. The molecule has 7 aromatic carbocycles. The van der Waals surface area contributed by atoms with E-state index in [-0.39, 0.29) is 0 Å². The summed E-state index contributed by atoms with van der Waals surface area (Å²) in [6, 6.07) is 59.4. The number of thiophene rings is 1. The molecule has 0 aliphatic heterocycles. The molecule has 0 unspecified atom stereocenters. The lowest BCUT2D eigenvalue weighted by Crippen LogP contribution is -2.10. The molecule has 0 spiro atoms. The number of benzene rings is 7. The van der Waals surface area contributed by atoms with E-state index in [0.29, 0.717) is 0 Å². The Morgan fingerprint density at radius 3 is 2.14 bits per heavy atom. The SMILES string of the molecule is c1ccc(-n2c3ccccc3c3ccc(N(c4ccc(-c5ccc6ccccc6c5)cc4)c4cccc5sc6cnccc6c45)cc32)cc1. The van der Waals surface area contributed by atoms with E-state index < -0.39 is 0 Å². The fraction of sp³-hybridized carbons (Fsp3) is 0. The summed E-state index contributed by atoms with van der Waals surface area (Å²) in [5, 5.41) is 7.45. The van der Waals surface area contributed by atoms with Gasteiger partial charge in [0, 0.05) is 55.7 Å². The number of fused-ring (bicyclic) bond motifs is 7. The Bertz CT molecular complexity index is 2830. The van der Waals surface area contributed by atoms with Crippen LogP contribution in [0.25, 0.3) is 69.6 Å². The summed E-state index contributed by atoms with van der Waals surface area (Å²) in [7, 11) is 0. The van der Waals surface area contributed by atoms with E-state index in [1.54, 1.807) is 11.3 Å². The molecule has 3 nitrogen and oxygen atoms in total. The third-order valence-electron chi connectivity index (χ3n) is 9.66. The first kappa shape index (κ1) is 27.8. The van der Waals surface area contributed by atoms with Gasteiger partial charge < -0.3 is 9.47 Å². The van der Waals surface area contributed by atoms with Crippen LogP contribution in [0, 0.1) is 0 Å². The van der Waals surface area contributed by atoms with Crippen LogP contribution in [0.4, 0.5) is 17.1 Å². The molecule has 0 bridgehead atoms. The quantitative estimate of drug-likeness (QED) is 0.186. The van der Waals surface area contributed by atoms with Gasteiger partial charge in [0.15, 0.2) is 0 Å². The highest BCUT2D eigenvalue weighted by Crippen LogP contribution is 2.46. The molecule has 0 aliphatic rings. The fourth-order valence-electron chi connectivity index (χ4n) is 7.40. The number of hydrogen-bond acceptors (Lipinski definition) is 3. The minimum absolute atomic E-state index is 1.10. The van der Waals surface area contributed by atoms with Gasteiger partial charge in [-0.2, -0.15) is 0 Å². The first-order chi connectivity index (χ1) is 24.3. The number of anilines is 3. The van der Waals surface area contributed by atoms with Crippen LogP contribution in [0.3, 0.4) is 0 Å². The van der Waals surface area contributed by atoms with Crippen molar-refractivity contribution in [2.24, 2.45) is 0 Å². The van der Waals surface area contributed by atoms with E-state index in [2.05, 4.69) is 178 Å². The summed E-state index contributed by atoms with van der Waals surface area (Å²) in [6.07, 6.45) is 3.88. The van der Waals surface area contributed by atoms with Gasteiger partial charge in [0.25, 0.3) is 0 Å². The van der Waals surface area contributed by atoms with E-state index in [1.165, 1.54) is 63.9 Å². The second-order valence-electron chi connectivity index (χ2n) is 12.5. The Balaban J connectivity index is 1.21. The zero-order valence-corrected chi connectivity index (χ0v) is 27.3. The number of hydrogen-bond donors (Lipinski definition) is 0. The maximum absolute atomic E-state index is 4.44. The summed E-state index contributed by atoms with van der Waals surface area (Å²) >= 11 is 1.80. The summed E-state index contributed by atoms with van der Waals surface area (Å²) in [4.78, 5) is 6.87. The lowest BCUT2D eigenvalue weighted by molar-refractivity contribution is 1.18. The smallest absolute Gasteiger partial charge is 0.0561 e. The van der Waals surface area contributed by atoms with Crippen LogP contribution in [0.2, 0.25) is 0 Å². The highest BCUT2D eigenvalue weighted by molar-refractivity contribution is 7.25. The molecule has 4 heteroatoms. The van der Waals surface area contributed by atoms with E-state index >= 15 is 0 Å². The Hall–Kier alpha value is -6.23. The average molecular weight is 644 g/mol.